The number of amides is 4. The van der Waals surface area contributed by atoms with Gasteiger partial charge >= 0.3 is 12.0 Å². The topological polar surface area (TPSA) is 127 Å². The highest BCUT2D eigenvalue weighted by atomic mass is 16.5. The number of imide groups is 1. The highest BCUT2D eigenvalue weighted by Gasteiger charge is 2.52. The molecular formula is C23H24N4O6. The van der Waals surface area contributed by atoms with Gasteiger partial charge in [-0.25, -0.2) is 9.59 Å². The molecule has 0 atom stereocenters. The number of hydrogen-bond acceptors (Lipinski definition) is 7. The van der Waals surface area contributed by atoms with Crippen LogP contribution in [0.2, 0.25) is 0 Å². The Balaban J connectivity index is 1.35. The van der Waals surface area contributed by atoms with E-state index in [9.17, 15) is 19.2 Å². The Hall–Kier alpha value is -3.95. The van der Waals surface area contributed by atoms with E-state index in [1.54, 1.807) is 36.5 Å². The number of rotatable bonds is 6. The lowest BCUT2D eigenvalue weighted by molar-refractivity contribution is -0.141. The Morgan fingerprint density at radius 2 is 1.94 bits per heavy atom. The maximum atomic E-state index is 12.8. The van der Waals surface area contributed by atoms with Crippen molar-refractivity contribution in [2.24, 2.45) is 5.92 Å². The van der Waals surface area contributed by atoms with E-state index in [1.165, 1.54) is 12.3 Å². The largest absolute Gasteiger partial charge is 0.455 e. The van der Waals surface area contributed by atoms with Crippen molar-refractivity contribution in [3.05, 3.63) is 54.4 Å². The molecule has 1 aromatic heterocycles. The monoisotopic (exact) mass is 452 g/mol. The van der Waals surface area contributed by atoms with Crippen molar-refractivity contribution in [2.75, 3.05) is 6.61 Å². The van der Waals surface area contributed by atoms with Crippen LogP contribution in [0.5, 0.6) is 11.5 Å². The van der Waals surface area contributed by atoms with Gasteiger partial charge in [0.25, 0.3) is 11.8 Å². The molecule has 2 aliphatic rings. The molecule has 4 rings (SSSR count). The average molecular weight is 452 g/mol. The maximum Gasteiger partial charge on any atom is 0.344 e. The summed E-state index contributed by atoms with van der Waals surface area (Å²) in [6.45, 7) is 1.42. The number of ether oxygens (including phenoxy) is 2. The predicted octanol–water partition coefficient (Wildman–Crippen LogP) is 2.56. The second-order valence-electron chi connectivity index (χ2n) is 8.23. The number of urea groups is 1. The van der Waals surface area contributed by atoms with Crippen LogP contribution in [0.3, 0.4) is 0 Å². The standard InChI is InChI=1S/C23H24N4O6/c1-15-8-10-23(11-9-15)21(30)27(22(31)25-23)26-19(28)14-32-20(29)17-6-2-3-7-18(17)33-16-5-4-12-24-13-16/h2-7,12-13,15H,8-11,14H2,1H3,(H,25,31)(H,26,28). The summed E-state index contributed by atoms with van der Waals surface area (Å²) in [6.07, 6.45) is 5.75. The first-order chi connectivity index (χ1) is 15.9. The number of aromatic nitrogens is 1. The zero-order valence-corrected chi connectivity index (χ0v) is 18.1. The molecule has 0 radical (unpaired) electrons. The van der Waals surface area contributed by atoms with E-state index in [0.29, 0.717) is 29.5 Å². The molecule has 10 nitrogen and oxygen atoms in total. The molecule has 1 aliphatic carbocycles. The summed E-state index contributed by atoms with van der Waals surface area (Å²) in [5.41, 5.74) is 1.37. The molecule has 33 heavy (non-hydrogen) atoms. The van der Waals surface area contributed by atoms with Gasteiger partial charge < -0.3 is 14.8 Å². The minimum atomic E-state index is -0.976. The Bertz CT molecular complexity index is 1070. The van der Waals surface area contributed by atoms with Gasteiger partial charge in [-0.15, -0.1) is 0 Å². The lowest BCUT2D eigenvalue weighted by Crippen LogP contribution is -2.52. The molecule has 1 aliphatic heterocycles. The number of benzene rings is 1. The zero-order chi connectivity index (χ0) is 23.4. The number of pyridine rings is 1. The number of para-hydroxylation sites is 1. The number of carbonyl (C=O) groups excluding carboxylic acids is 4. The van der Waals surface area contributed by atoms with Crippen LogP contribution in [0, 0.1) is 5.92 Å². The molecule has 1 saturated carbocycles. The van der Waals surface area contributed by atoms with Gasteiger partial charge in [-0.1, -0.05) is 19.1 Å². The van der Waals surface area contributed by atoms with E-state index < -0.39 is 36.0 Å². The third-order valence-corrected chi connectivity index (χ3v) is 5.83. The fraction of sp³-hybridized carbons (Fsp3) is 0.348. The summed E-state index contributed by atoms with van der Waals surface area (Å²) in [7, 11) is 0. The van der Waals surface area contributed by atoms with Crippen molar-refractivity contribution >= 4 is 23.8 Å². The van der Waals surface area contributed by atoms with Crippen LogP contribution in [0.1, 0.15) is 43.0 Å². The normalized spacial score (nSPS) is 22.1. The summed E-state index contributed by atoms with van der Waals surface area (Å²) < 4.78 is 10.8. The predicted molar refractivity (Wildman–Crippen MR) is 115 cm³/mol. The summed E-state index contributed by atoms with van der Waals surface area (Å²) in [5.74, 6) is -0.945. The Morgan fingerprint density at radius 1 is 1.18 bits per heavy atom. The maximum absolute atomic E-state index is 12.8. The van der Waals surface area contributed by atoms with Crippen LogP contribution in [-0.4, -0.2) is 46.0 Å². The van der Waals surface area contributed by atoms with E-state index >= 15 is 0 Å². The van der Waals surface area contributed by atoms with E-state index in [1.807, 2.05) is 0 Å². The number of hydrogen-bond donors (Lipinski definition) is 2. The van der Waals surface area contributed by atoms with Crippen LogP contribution < -0.4 is 15.5 Å². The van der Waals surface area contributed by atoms with Gasteiger partial charge in [0, 0.05) is 6.20 Å². The van der Waals surface area contributed by atoms with E-state index in [-0.39, 0.29) is 11.3 Å². The third-order valence-electron chi connectivity index (χ3n) is 5.83. The number of nitrogens with zero attached hydrogens (tertiary/aromatic N) is 2. The molecule has 0 unspecified atom stereocenters. The number of nitrogens with one attached hydrogen (secondary N) is 2. The van der Waals surface area contributed by atoms with Crippen molar-refractivity contribution in [2.45, 2.75) is 38.1 Å². The van der Waals surface area contributed by atoms with Gasteiger partial charge in [0.1, 0.15) is 22.6 Å². The molecule has 2 aromatic rings. The second kappa shape index (κ2) is 9.27. The Morgan fingerprint density at radius 3 is 2.67 bits per heavy atom. The van der Waals surface area contributed by atoms with E-state index in [2.05, 4.69) is 22.7 Å². The third kappa shape index (κ3) is 4.79. The lowest BCUT2D eigenvalue weighted by Gasteiger charge is -2.33. The first-order valence-electron chi connectivity index (χ1n) is 10.7. The van der Waals surface area contributed by atoms with Gasteiger partial charge in [0.05, 0.1) is 6.20 Å². The summed E-state index contributed by atoms with van der Waals surface area (Å²) in [6, 6.07) is 9.08. The van der Waals surface area contributed by atoms with Gasteiger partial charge in [0.2, 0.25) is 0 Å². The molecule has 2 N–H and O–H groups in total. The molecule has 1 spiro atoms. The quantitative estimate of drug-likeness (QED) is 0.509. The van der Waals surface area contributed by atoms with Crippen molar-refractivity contribution < 1.29 is 28.7 Å². The molecule has 4 amide bonds. The van der Waals surface area contributed by atoms with Gasteiger partial charge in [-0.3, -0.25) is 20.0 Å². The molecule has 1 aromatic carbocycles. The smallest absolute Gasteiger partial charge is 0.344 e. The van der Waals surface area contributed by atoms with Crippen LogP contribution in [0.25, 0.3) is 0 Å². The minimum absolute atomic E-state index is 0.111. The number of hydrazine groups is 1. The molecular weight excluding hydrogens is 428 g/mol. The Kier molecular flexibility index (Phi) is 6.25. The molecule has 172 valence electrons. The van der Waals surface area contributed by atoms with Gasteiger partial charge in [0.15, 0.2) is 6.61 Å². The molecule has 10 heteroatoms. The molecule has 1 saturated heterocycles. The van der Waals surface area contributed by atoms with Crippen molar-refractivity contribution in [3.63, 3.8) is 0 Å². The van der Waals surface area contributed by atoms with Crippen LogP contribution in [-0.2, 0) is 14.3 Å². The van der Waals surface area contributed by atoms with E-state index in [4.69, 9.17) is 9.47 Å². The fourth-order valence-corrected chi connectivity index (χ4v) is 3.94. The summed E-state index contributed by atoms with van der Waals surface area (Å²) in [4.78, 5) is 53.9. The second-order valence-corrected chi connectivity index (χ2v) is 8.23. The molecule has 0 bridgehead atoms. The average Bonchev–Trinajstić information content (AvgIpc) is 3.04. The Labute approximate surface area is 190 Å². The van der Waals surface area contributed by atoms with Crippen LogP contribution in [0.4, 0.5) is 4.79 Å². The number of carbonyl (C=O) groups is 4. The first-order valence-corrected chi connectivity index (χ1v) is 10.7. The van der Waals surface area contributed by atoms with Crippen molar-refractivity contribution in [3.8, 4) is 11.5 Å². The van der Waals surface area contributed by atoms with Crippen molar-refractivity contribution in [1.82, 2.24) is 20.7 Å². The lowest BCUT2D eigenvalue weighted by atomic mass is 9.77. The first kappa shape index (κ1) is 22.3. The van der Waals surface area contributed by atoms with Crippen LogP contribution >= 0.6 is 0 Å². The summed E-state index contributed by atoms with van der Waals surface area (Å²) in [5, 5.41) is 3.38. The highest BCUT2D eigenvalue weighted by molar-refractivity contribution is 6.08. The van der Waals surface area contributed by atoms with Crippen LogP contribution in [0.15, 0.2) is 48.8 Å². The minimum Gasteiger partial charge on any atom is -0.455 e. The van der Waals surface area contributed by atoms with Gasteiger partial charge in [-0.05, 0) is 55.9 Å². The molecule has 2 fully saturated rings. The van der Waals surface area contributed by atoms with Crippen molar-refractivity contribution in [1.29, 1.82) is 0 Å². The molecule has 2 heterocycles. The highest BCUT2D eigenvalue weighted by Crippen LogP contribution is 2.35. The van der Waals surface area contributed by atoms with Gasteiger partial charge in [-0.2, -0.15) is 5.01 Å². The zero-order valence-electron chi connectivity index (χ0n) is 18.1. The van der Waals surface area contributed by atoms with E-state index in [0.717, 1.165) is 12.8 Å². The number of esters is 1. The SMILES string of the molecule is CC1CCC2(CC1)NC(=O)N(NC(=O)COC(=O)c1ccccc1Oc1cccnc1)C2=O. The fourth-order valence-electron chi connectivity index (χ4n) is 3.94. The summed E-state index contributed by atoms with van der Waals surface area (Å²) >= 11 is 0.